The number of para-hydroxylation sites is 1. The minimum atomic E-state index is -0.256. The van der Waals surface area contributed by atoms with Crippen LogP contribution in [0.3, 0.4) is 0 Å². The molecule has 0 bridgehead atoms. The monoisotopic (exact) mass is 287 g/mol. The summed E-state index contributed by atoms with van der Waals surface area (Å²) >= 11 is 0. The van der Waals surface area contributed by atoms with E-state index in [9.17, 15) is 4.39 Å². The number of benzene rings is 2. The van der Waals surface area contributed by atoms with Crippen molar-refractivity contribution in [1.29, 1.82) is 0 Å². The third-order valence-electron chi connectivity index (χ3n) is 3.79. The Hall–Kier alpha value is -1.87. The summed E-state index contributed by atoms with van der Waals surface area (Å²) in [5.74, 6) is 0.985. The van der Waals surface area contributed by atoms with Gasteiger partial charge in [0, 0.05) is 12.1 Å². The summed E-state index contributed by atoms with van der Waals surface area (Å²) in [5, 5.41) is 0. The third-order valence-corrected chi connectivity index (χ3v) is 3.79. The van der Waals surface area contributed by atoms with Gasteiger partial charge < -0.3 is 10.5 Å². The second kappa shape index (κ2) is 7.23. The molecule has 0 fully saturated rings. The van der Waals surface area contributed by atoms with E-state index in [1.54, 1.807) is 12.1 Å². The van der Waals surface area contributed by atoms with Crippen LogP contribution in [0.15, 0.2) is 42.5 Å². The molecule has 2 rings (SSSR count). The van der Waals surface area contributed by atoms with Gasteiger partial charge in [0.1, 0.15) is 18.2 Å². The lowest BCUT2D eigenvalue weighted by Gasteiger charge is -2.16. The van der Waals surface area contributed by atoms with E-state index in [0.29, 0.717) is 18.0 Å². The topological polar surface area (TPSA) is 35.2 Å². The van der Waals surface area contributed by atoms with Crippen LogP contribution in [0.25, 0.3) is 0 Å². The summed E-state index contributed by atoms with van der Waals surface area (Å²) in [7, 11) is 0. The minimum absolute atomic E-state index is 0.215. The molecule has 2 nitrogen and oxygen atoms in total. The first-order chi connectivity index (χ1) is 10.2. The number of nitrogens with two attached hydrogens (primary N) is 1. The molecule has 0 saturated carbocycles. The van der Waals surface area contributed by atoms with Crippen molar-refractivity contribution >= 4 is 0 Å². The Kier molecular flexibility index (Phi) is 5.34. The first-order valence-corrected chi connectivity index (χ1v) is 7.34. The highest BCUT2D eigenvalue weighted by molar-refractivity contribution is 5.36. The number of hydrogen-bond donors (Lipinski definition) is 1. The average molecular weight is 287 g/mol. The highest BCUT2D eigenvalue weighted by Crippen LogP contribution is 2.29. The van der Waals surface area contributed by atoms with Gasteiger partial charge in [-0.25, -0.2) is 4.39 Å². The van der Waals surface area contributed by atoms with E-state index in [4.69, 9.17) is 10.5 Å². The Morgan fingerprint density at radius 2 is 1.95 bits per heavy atom. The molecule has 1 unspecified atom stereocenters. The summed E-state index contributed by atoms with van der Waals surface area (Å²) < 4.78 is 19.7. The normalized spacial score (nSPS) is 12.2. The van der Waals surface area contributed by atoms with Crippen LogP contribution in [0.5, 0.6) is 5.75 Å². The molecule has 2 aromatic carbocycles. The third kappa shape index (κ3) is 3.82. The van der Waals surface area contributed by atoms with Crippen LogP contribution >= 0.6 is 0 Å². The number of hydrogen-bond acceptors (Lipinski definition) is 2. The molecule has 0 spiro atoms. The van der Waals surface area contributed by atoms with Crippen LogP contribution in [0, 0.1) is 5.82 Å². The van der Waals surface area contributed by atoms with Gasteiger partial charge in [-0.1, -0.05) is 38.1 Å². The molecule has 0 radical (unpaired) electrons. The largest absolute Gasteiger partial charge is 0.489 e. The van der Waals surface area contributed by atoms with Crippen molar-refractivity contribution in [3.8, 4) is 5.75 Å². The van der Waals surface area contributed by atoms with Gasteiger partial charge in [-0.3, -0.25) is 0 Å². The zero-order chi connectivity index (χ0) is 15.2. The maximum absolute atomic E-state index is 13.8. The smallest absolute Gasteiger partial charge is 0.129 e. The molecular formula is C18H22FNO. The molecule has 112 valence electrons. The van der Waals surface area contributed by atoms with Crippen molar-refractivity contribution in [2.24, 2.45) is 5.73 Å². The van der Waals surface area contributed by atoms with Crippen molar-refractivity contribution in [2.45, 2.75) is 39.3 Å². The molecule has 1 atom stereocenters. The zero-order valence-corrected chi connectivity index (χ0v) is 12.6. The Labute approximate surface area is 125 Å². The lowest BCUT2D eigenvalue weighted by Crippen LogP contribution is -2.04. The highest BCUT2D eigenvalue weighted by atomic mass is 19.1. The fourth-order valence-electron chi connectivity index (χ4n) is 2.26. The molecule has 2 N–H and O–H groups in total. The summed E-state index contributed by atoms with van der Waals surface area (Å²) in [4.78, 5) is 0. The second-order valence-electron chi connectivity index (χ2n) is 5.27. The van der Waals surface area contributed by atoms with E-state index in [1.165, 1.54) is 6.07 Å². The predicted octanol–water partition coefficient (Wildman–Crippen LogP) is 4.38. The average Bonchev–Trinajstić information content (AvgIpc) is 2.53. The van der Waals surface area contributed by atoms with E-state index in [2.05, 4.69) is 19.9 Å². The molecular weight excluding hydrogens is 265 g/mol. The predicted molar refractivity (Wildman–Crippen MR) is 83.8 cm³/mol. The van der Waals surface area contributed by atoms with Gasteiger partial charge in [0.15, 0.2) is 0 Å². The first kappa shape index (κ1) is 15.5. The second-order valence-corrected chi connectivity index (χ2v) is 5.27. The summed E-state index contributed by atoms with van der Waals surface area (Å²) in [5.41, 5.74) is 8.20. The maximum Gasteiger partial charge on any atom is 0.129 e. The Morgan fingerprint density at radius 1 is 1.19 bits per heavy atom. The molecule has 0 aliphatic rings. The van der Waals surface area contributed by atoms with Crippen molar-refractivity contribution in [3.63, 3.8) is 0 Å². The summed E-state index contributed by atoms with van der Waals surface area (Å²) in [6, 6.07) is 12.9. The van der Waals surface area contributed by atoms with Gasteiger partial charge in [0.2, 0.25) is 0 Å². The van der Waals surface area contributed by atoms with Crippen LogP contribution in [0.1, 0.15) is 42.9 Å². The molecule has 0 aromatic heterocycles. The van der Waals surface area contributed by atoms with E-state index >= 15 is 0 Å². The maximum atomic E-state index is 13.8. The van der Waals surface area contributed by atoms with Gasteiger partial charge in [-0.05, 0) is 41.7 Å². The van der Waals surface area contributed by atoms with E-state index in [-0.39, 0.29) is 12.4 Å². The molecule has 0 heterocycles. The lowest BCUT2D eigenvalue weighted by molar-refractivity contribution is 0.295. The minimum Gasteiger partial charge on any atom is -0.489 e. The van der Waals surface area contributed by atoms with Gasteiger partial charge >= 0.3 is 0 Å². The van der Waals surface area contributed by atoms with Gasteiger partial charge in [-0.2, -0.15) is 0 Å². The summed E-state index contributed by atoms with van der Waals surface area (Å²) in [6.45, 7) is 4.92. The molecule has 2 aromatic rings. The number of halogens is 1. The lowest BCUT2D eigenvalue weighted by atomic mass is 9.98. The fourth-order valence-corrected chi connectivity index (χ4v) is 2.26. The van der Waals surface area contributed by atoms with E-state index in [0.717, 1.165) is 23.3 Å². The van der Waals surface area contributed by atoms with Crippen LogP contribution in [0.4, 0.5) is 4.39 Å². The number of rotatable bonds is 6. The Balaban J connectivity index is 2.17. The van der Waals surface area contributed by atoms with Crippen molar-refractivity contribution in [2.75, 3.05) is 0 Å². The van der Waals surface area contributed by atoms with Crippen molar-refractivity contribution in [1.82, 2.24) is 0 Å². The van der Waals surface area contributed by atoms with Gasteiger partial charge in [0.25, 0.3) is 0 Å². The quantitative estimate of drug-likeness (QED) is 0.856. The van der Waals surface area contributed by atoms with E-state index in [1.807, 2.05) is 18.2 Å². The molecule has 0 saturated heterocycles. The van der Waals surface area contributed by atoms with Crippen molar-refractivity contribution in [3.05, 3.63) is 65.0 Å². The van der Waals surface area contributed by atoms with Crippen LogP contribution in [0.2, 0.25) is 0 Å². The Morgan fingerprint density at radius 3 is 2.67 bits per heavy atom. The van der Waals surface area contributed by atoms with Crippen molar-refractivity contribution < 1.29 is 9.13 Å². The molecule has 0 aliphatic carbocycles. The molecule has 0 aliphatic heterocycles. The highest BCUT2D eigenvalue weighted by Gasteiger charge is 2.11. The number of ether oxygens (including phenoxy) is 1. The van der Waals surface area contributed by atoms with E-state index < -0.39 is 0 Å². The molecule has 0 amide bonds. The standard InChI is InChI=1S/C18H22FNO/c1-3-13(2)16-6-4-5-7-18(16)21-12-15-10-14(11-20)8-9-17(15)19/h4-10,13H,3,11-12,20H2,1-2H3. The Bertz CT molecular complexity index is 598. The molecule has 21 heavy (non-hydrogen) atoms. The molecule has 3 heteroatoms. The van der Waals surface area contributed by atoms with Crippen LogP contribution in [-0.2, 0) is 13.2 Å². The van der Waals surface area contributed by atoms with Crippen LogP contribution < -0.4 is 10.5 Å². The summed E-state index contributed by atoms with van der Waals surface area (Å²) in [6.07, 6.45) is 1.04. The van der Waals surface area contributed by atoms with Gasteiger partial charge in [0.05, 0.1) is 0 Å². The van der Waals surface area contributed by atoms with Gasteiger partial charge in [-0.15, -0.1) is 0 Å². The van der Waals surface area contributed by atoms with Crippen LogP contribution in [-0.4, -0.2) is 0 Å². The zero-order valence-electron chi connectivity index (χ0n) is 12.6. The fraction of sp³-hybridized carbons (Fsp3) is 0.333. The first-order valence-electron chi connectivity index (χ1n) is 7.34. The SMILES string of the molecule is CCC(C)c1ccccc1OCc1cc(CN)ccc1F.